The number of rotatable bonds is 0. The van der Waals surface area contributed by atoms with Crippen molar-refractivity contribution in [1.29, 1.82) is 0 Å². The van der Waals surface area contributed by atoms with Crippen molar-refractivity contribution < 1.29 is 0 Å². The fourth-order valence-electron chi connectivity index (χ4n) is 3.38. The van der Waals surface area contributed by atoms with E-state index in [1.807, 2.05) is 24.5 Å². The first-order valence-corrected chi connectivity index (χ1v) is 7.36. The summed E-state index contributed by atoms with van der Waals surface area (Å²) >= 11 is 0. The normalized spacial score (nSPS) is 11.6. The minimum Gasteiger partial charge on any atom is -0.256 e. The van der Waals surface area contributed by atoms with Gasteiger partial charge in [0.2, 0.25) is 0 Å². The Balaban J connectivity index is 2.24. The summed E-state index contributed by atoms with van der Waals surface area (Å²) in [6.45, 7) is 0. The van der Waals surface area contributed by atoms with Crippen molar-refractivity contribution in [3.8, 4) is 0 Å². The monoisotopic (exact) mass is 280 g/mol. The van der Waals surface area contributed by atoms with Crippen molar-refractivity contribution in [2.45, 2.75) is 0 Å². The molecule has 102 valence electrons. The van der Waals surface area contributed by atoms with Gasteiger partial charge in [-0.05, 0) is 17.5 Å². The summed E-state index contributed by atoms with van der Waals surface area (Å²) in [4.78, 5) is 9.25. The number of para-hydroxylation sites is 1. The third kappa shape index (κ3) is 1.44. The third-order valence-electron chi connectivity index (χ3n) is 4.32. The van der Waals surface area contributed by atoms with Crippen molar-refractivity contribution in [2.75, 3.05) is 0 Å². The van der Waals surface area contributed by atoms with E-state index in [2.05, 4.69) is 58.5 Å². The zero-order valence-corrected chi connectivity index (χ0v) is 11.8. The average Bonchev–Trinajstić information content (AvgIpc) is 2.61. The number of hydrogen-bond donors (Lipinski definition) is 0. The molecule has 0 aliphatic rings. The molecule has 0 amide bonds. The highest BCUT2D eigenvalue weighted by molar-refractivity contribution is 6.29. The van der Waals surface area contributed by atoms with Gasteiger partial charge >= 0.3 is 0 Å². The molecule has 2 nitrogen and oxygen atoms in total. The molecule has 2 heterocycles. The summed E-state index contributed by atoms with van der Waals surface area (Å²) in [5, 5.41) is 7.22. The molecule has 22 heavy (non-hydrogen) atoms. The Hall–Kier alpha value is -3.00. The van der Waals surface area contributed by atoms with Gasteiger partial charge in [0.25, 0.3) is 0 Å². The molecule has 5 aromatic rings. The molecule has 0 fully saturated rings. The van der Waals surface area contributed by atoms with E-state index in [1.54, 1.807) is 0 Å². The summed E-state index contributed by atoms with van der Waals surface area (Å²) in [6.07, 6.45) is 3.84. The van der Waals surface area contributed by atoms with E-state index in [0.717, 1.165) is 16.4 Å². The molecule has 0 radical (unpaired) electrons. The van der Waals surface area contributed by atoms with Gasteiger partial charge in [0.15, 0.2) is 0 Å². The highest BCUT2D eigenvalue weighted by Crippen LogP contribution is 2.36. The van der Waals surface area contributed by atoms with Gasteiger partial charge in [-0.15, -0.1) is 0 Å². The van der Waals surface area contributed by atoms with Crippen LogP contribution in [0.3, 0.4) is 0 Å². The summed E-state index contributed by atoms with van der Waals surface area (Å²) in [5.41, 5.74) is 2.08. The second-order valence-corrected chi connectivity index (χ2v) is 5.51. The highest BCUT2D eigenvalue weighted by atomic mass is 14.7. The van der Waals surface area contributed by atoms with Gasteiger partial charge in [-0.2, -0.15) is 0 Å². The van der Waals surface area contributed by atoms with Gasteiger partial charge < -0.3 is 0 Å². The fraction of sp³-hybridized carbons (Fsp3) is 0. The molecule has 0 saturated heterocycles. The van der Waals surface area contributed by atoms with Crippen molar-refractivity contribution in [3.63, 3.8) is 0 Å². The molecule has 5 rings (SSSR count). The Labute approximate surface area is 127 Å². The fourth-order valence-corrected chi connectivity index (χ4v) is 3.38. The lowest BCUT2D eigenvalue weighted by molar-refractivity contribution is 1.42. The molecular formula is C20H12N2. The molecule has 3 aromatic carbocycles. The van der Waals surface area contributed by atoms with Gasteiger partial charge in [-0.25, -0.2) is 0 Å². The maximum absolute atomic E-state index is 4.64. The van der Waals surface area contributed by atoms with Gasteiger partial charge in [0.1, 0.15) is 0 Å². The van der Waals surface area contributed by atoms with E-state index in [1.165, 1.54) is 26.9 Å². The van der Waals surface area contributed by atoms with Crippen LogP contribution in [0, 0.1) is 0 Å². The molecule has 0 unspecified atom stereocenters. The first-order valence-electron chi connectivity index (χ1n) is 7.36. The lowest BCUT2D eigenvalue weighted by atomic mass is 9.95. The van der Waals surface area contributed by atoms with Crippen molar-refractivity contribution in [3.05, 3.63) is 73.1 Å². The summed E-state index contributed by atoms with van der Waals surface area (Å²) in [7, 11) is 0. The van der Waals surface area contributed by atoms with Crippen LogP contribution in [0.5, 0.6) is 0 Å². The van der Waals surface area contributed by atoms with Gasteiger partial charge in [0, 0.05) is 39.3 Å². The average molecular weight is 280 g/mol. The molecule has 0 N–H and O–H groups in total. The quantitative estimate of drug-likeness (QED) is 0.369. The number of nitrogens with zero attached hydrogens (tertiary/aromatic N) is 2. The molecular weight excluding hydrogens is 268 g/mol. The maximum Gasteiger partial charge on any atom is 0.0787 e. The number of aromatic nitrogens is 2. The largest absolute Gasteiger partial charge is 0.256 e. The molecule has 0 bridgehead atoms. The number of fused-ring (bicyclic) bond motifs is 8. The first-order chi connectivity index (χ1) is 10.9. The van der Waals surface area contributed by atoms with E-state index in [9.17, 15) is 0 Å². The zero-order valence-electron chi connectivity index (χ0n) is 11.8. The predicted octanol–water partition coefficient (Wildman–Crippen LogP) is 5.09. The van der Waals surface area contributed by atoms with E-state index < -0.39 is 0 Å². The number of benzene rings is 3. The minimum atomic E-state index is 1.03. The molecule has 0 saturated carbocycles. The Morgan fingerprint density at radius 2 is 1.23 bits per heavy atom. The molecule has 2 heteroatoms. The van der Waals surface area contributed by atoms with E-state index in [-0.39, 0.29) is 0 Å². The van der Waals surface area contributed by atoms with Crippen LogP contribution in [0.4, 0.5) is 0 Å². The zero-order chi connectivity index (χ0) is 14.5. The van der Waals surface area contributed by atoms with Crippen molar-refractivity contribution in [2.24, 2.45) is 0 Å². The number of hydrogen-bond acceptors (Lipinski definition) is 2. The summed E-state index contributed by atoms with van der Waals surface area (Å²) in [5.74, 6) is 0. The first kappa shape index (κ1) is 11.6. The Morgan fingerprint density at radius 1 is 0.545 bits per heavy atom. The SMILES string of the molecule is c1ccc2c(c1)ncc1c3cccnc3c3ccccc3c21. The highest BCUT2D eigenvalue weighted by Gasteiger charge is 2.11. The lowest BCUT2D eigenvalue weighted by Crippen LogP contribution is -1.88. The summed E-state index contributed by atoms with van der Waals surface area (Å²) in [6, 6.07) is 20.9. The standard InChI is InChI=1S/C20H12N2/c1-2-7-14-13(6-1)19-16-8-3-4-10-18(16)22-12-17(19)15-9-5-11-21-20(14)15/h1-12H. The van der Waals surface area contributed by atoms with Gasteiger partial charge in [0.05, 0.1) is 11.0 Å². The van der Waals surface area contributed by atoms with E-state index in [0.29, 0.717) is 0 Å². The van der Waals surface area contributed by atoms with Crippen molar-refractivity contribution >= 4 is 43.4 Å². The molecule has 0 spiro atoms. The van der Waals surface area contributed by atoms with Crippen LogP contribution < -0.4 is 0 Å². The van der Waals surface area contributed by atoms with Crippen LogP contribution >= 0.6 is 0 Å². The third-order valence-corrected chi connectivity index (χ3v) is 4.32. The van der Waals surface area contributed by atoms with Crippen LogP contribution in [-0.4, -0.2) is 9.97 Å². The molecule has 0 atom stereocenters. The maximum atomic E-state index is 4.64. The Bertz CT molecular complexity index is 1130. The molecule has 0 aliphatic heterocycles. The van der Waals surface area contributed by atoms with Crippen LogP contribution in [0.1, 0.15) is 0 Å². The number of pyridine rings is 2. The topological polar surface area (TPSA) is 25.8 Å². The van der Waals surface area contributed by atoms with E-state index in [4.69, 9.17) is 0 Å². The van der Waals surface area contributed by atoms with Gasteiger partial charge in [-0.3, -0.25) is 9.97 Å². The van der Waals surface area contributed by atoms with Crippen LogP contribution in [0.25, 0.3) is 43.4 Å². The smallest absolute Gasteiger partial charge is 0.0787 e. The second-order valence-electron chi connectivity index (χ2n) is 5.51. The van der Waals surface area contributed by atoms with Crippen LogP contribution in [0.2, 0.25) is 0 Å². The second kappa shape index (κ2) is 4.25. The van der Waals surface area contributed by atoms with Gasteiger partial charge in [-0.1, -0.05) is 48.5 Å². The Kier molecular flexibility index (Phi) is 2.25. The lowest BCUT2D eigenvalue weighted by Gasteiger charge is -2.11. The molecule has 0 aliphatic carbocycles. The Morgan fingerprint density at radius 3 is 2.14 bits per heavy atom. The minimum absolute atomic E-state index is 1.03. The predicted molar refractivity (Wildman–Crippen MR) is 92.1 cm³/mol. The van der Waals surface area contributed by atoms with E-state index >= 15 is 0 Å². The van der Waals surface area contributed by atoms with Crippen LogP contribution in [-0.2, 0) is 0 Å². The van der Waals surface area contributed by atoms with Crippen molar-refractivity contribution in [1.82, 2.24) is 9.97 Å². The van der Waals surface area contributed by atoms with Crippen LogP contribution in [0.15, 0.2) is 73.1 Å². The molecule has 2 aromatic heterocycles. The summed E-state index contributed by atoms with van der Waals surface area (Å²) < 4.78 is 0.